The number of ether oxygens (including phenoxy) is 1. The van der Waals surface area contributed by atoms with E-state index in [0.29, 0.717) is 65.5 Å². The molecule has 10 nitrogen and oxygen atoms in total. The van der Waals surface area contributed by atoms with Gasteiger partial charge in [0.2, 0.25) is 5.91 Å². The van der Waals surface area contributed by atoms with E-state index in [9.17, 15) is 9.59 Å². The second-order valence-electron chi connectivity index (χ2n) is 10.1. The first kappa shape index (κ1) is 28.6. The monoisotopic (exact) mass is 595 g/mol. The molecule has 5 aromatic rings. The van der Waals surface area contributed by atoms with E-state index < -0.39 is 17.7 Å². The van der Waals surface area contributed by atoms with Gasteiger partial charge in [0.25, 0.3) is 0 Å². The Morgan fingerprint density at radius 1 is 0.818 bits per heavy atom. The van der Waals surface area contributed by atoms with Crippen molar-refractivity contribution >= 4 is 45.7 Å². The van der Waals surface area contributed by atoms with Crippen molar-refractivity contribution in [2.24, 2.45) is 0 Å². The van der Waals surface area contributed by atoms with Crippen LogP contribution in [0.1, 0.15) is 6.92 Å². The minimum atomic E-state index is -0.649. The summed E-state index contributed by atoms with van der Waals surface area (Å²) in [7, 11) is 0. The molecular weight excluding hydrogens is 568 g/mol. The molecule has 0 saturated carbocycles. The van der Waals surface area contributed by atoms with Crippen LogP contribution in [0, 0.1) is 11.6 Å². The summed E-state index contributed by atoms with van der Waals surface area (Å²) in [6, 6.07) is 16.7. The van der Waals surface area contributed by atoms with Crippen molar-refractivity contribution in [1.82, 2.24) is 15.0 Å². The van der Waals surface area contributed by atoms with Gasteiger partial charge in [0.1, 0.15) is 17.5 Å². The lowest BCUT2D eigenvalue weighted by molar-refractivity contribution is -0.114. The summed E-state index contributed by atoms with van der Waals surface area (Å²) in [4.78, 5) is 39.2. The van der Waals surface area contributed by atoms with Crippen molar-refractivity contribution in [1.29, 1.82) is 0 Å². The van der Waals surface area contributed by atoms with Gasteiger partial charge in [-0.25, -0.2) is 23.5 Å². The maximum Gasteiger partial charge on any atom is 0.323 e. The number of nitrogens with zero attached hydrogens (tertiary/aromatic N) is 4. The SMILES string of the molecule is CC(=O)Nc1ccc(NC(=O)Nc2ccc(-c3nc(N4CCOCC4)c4cc(F)c(-c5cccnc5)cc4n3)c(F)c2)cc1. The first-order valence-electron chi connectivity index (χ1n) is 13.8. The van der Waals surface area contributed by atoms with Crippen LogP contribution in [0.2, 0.25) is 0 Å². The van der Waals surface area contributed by atoms with Crippen LogP contribution in [0.5, 0.6) is 0 Å². The van der Waals surface area contributed by atoms with E-state index in [1.54, 1.807) is 60.9 Å². The summed E-state index contributed by atoms with van der Waals surface area (Å²) in [6.07, 6.45) is 3.17. The average molecular weight is 596 g/mol. The number of pyridine rings is 1. The fraction of sp³-hybridized carbons (Fsp3) is 0.156. The van der Waals surface area contributed by atoms with Gasteiger partial charge in [0.05, 0.1) is 24.3 Å². The number of aromatic nitrogens is 3. The zero-order valence-electron chi connectivity index (χ0n) is 23.6. The van der Waals surface area contributed by atoms with Crippen LogP contribution in [-0.2, 0) is 9.53 Å². The van der Waals surface area contributed by atoms with Crippen molar-refractivity contribution in [2.75, 3.05) is 47.2 Å². The number of fused-ring (bicyclic) bond motifs is 1. The number of urea groups is 1. The van der Waals surface area contributed by atoms with Gasteiger partial charge in [-0.1, -0.05) is 6.07 Å². The zero-order chi connectivity index (χ0) is 30.6. The number of benzene rings is 3. The summed E-state index contributed by atoms with van der Waals surface area (Å²) in [6.45, 7) is 3.43. The highest BCUT2D eigenvalue weighted by Gasteiger charge is 2.21. The lowest BCUT2D eigenvalue weighted by Crippen LogP contribution is -2.37. The zero-order valence-corrected chi connectivity index (χ0v) is 23.6. The fourth-order valence-electron chi connectivity index (χ4n) is 4.92. The Morgan fingerprint density at radius 2 is 1.50 bits per heavy atom. The van der Waals surface area contributed by atoms with Crippen LogP contribution in [-0.4, -0.2) is 53.2 Å². The molecule has 1 saturated heterocycles. The molecule has 2 aromatic heterocycles. The van der Waals surface area contributed by atoms with Crippen molar-refractivity contribution in [3.63, 3.8) is 0 Å². The smallest absolute Gasteiger partial charge is 0.323 e. The number of carbonyl (C=O) groups is 2. The van der Waals surface area contributed by atoms with Gasteiger partial charge >= 0.3 is 6.03 Å². The molecule has 3 N–H and O–H groups in total. The minimum Gasteiger partial charge on any atom is -0.378 e. The molecule has 1 aliphatic heterocycles. The van der Waals surface area contributed by atoms with Crippen LogP contribution in [0.4, 0.5) is 36.5 Å². The molecule has 44 heavy (non-hydrogen) atoms. The molecule has 12 heteroatoms. The van der Waals surface area contributed by atoms with Gasteiger partial charge < -0.3 is 25.6 Å². The third-order valence-electron chi connectivity index (χ3n) is 6.98. The Morgan fingerprint density at radius 3 is 2.18 bits per heavy atom. The van der Waals surface area contributed by atoms with Gasteiger partial charge in [-0.3, -0.25) is 9.78 Å². The number of anilines is 4. The summed E-state index contributed by atoms with van der Waals surface area (Å²) in [5, 5.41) is 8.42. The van der Waals surface area contributed by atoms with Gasteiger partial charge in [-0.05, 0) is 60.7 Å². The van der Waals surface area contributed by atoms with Gasteiger partial charge in [0, 0.05) is 66.0 Å². The molecule has 0 radical (unpaired) electrons. The summed E-state index contributed by atoms with van der Waals surface area (Å²) >= 11 is 0. The molecule has 6 rings (SSSR count). The van der Waals surface area contributed by atoms with Gasteiger partial charge in [0.15, 0.2) is 5.82 Å². The van der Waals surface area contributed by atoms with Crippen LogP contribution in [0.3, 0.4) is 0 Å². The Labute approximate surface area is 251 Å². The van der Waals surface area contributed by atoms with E-state index in [0.717, 1.165) is 0 Å². The van der Waals surface area contributed by atoms with Crippen molar-refractivity contribution < 1.29 is 23.1 Å². The van der Waals surface area contributed by atoms with E-state index in [2.05, 4.69) is 30.9 Å². The number of halogens is 2. The standard InChI is InChI=1S/C32H27F2N7O3/c1-19(42)36-21-4-6-22(7-5-21)37-32(43)38-23-8-9-24(27(33)15-23)30-39-29-17-25(20-3-2-10-35-18-20)28(34)16-26(29)31(40-30)41-11-13-44-14-12-41/h2-10,15-18H,11-14H2,1H3,(H,36,42)(H2,37,38,43). The van der Waals surface area contributed by atoms with Crippen LogP contribution < -0.4 is 20.9 Å². The molecule has 3 amide bonds. The van der Waals surface area contributed by atoms with Gasteiger partial charge in [-0.15, -0.1) is 0 Å². The summed E-state index contributed by atoms with van der Waals surface area (Å²) in [5.41, 5.74) is 2.76. The molecule has 3 heterocycles. The molecule has 0 atom stereocenters. The van der Waals surface area contributed by atoms with Crippen LogP contribution in [0.25, 0.3) is 33.4 Å². The lowest BCUT2D eigenvalue weighted by atomic mass is 10.0. The Balaban J connectivity index is 1.30. The highest BCUT2D eigenvalue weighted by Crippen LogP contribution is 2.34. The number of hydrogen-bond donors (Lipinski definition) is 3. The Hall–Kier alpha value is -5.49. The predicted octanol–water partition coefficient (Wildman–Crippen LogP) is 6.08. The Bertz CT molecular complexity index is 1850. The topological polar surface area (TPSA) is 121 Å². The summed E-state index contributed by atoms with van der Waals surface area (Å²) < 4.78 is 36.4. The number of carbonyl (C=O) groups excluding carboxylic acids is 2. The minimum absolute atomic E-state index is 0.119. The molecule has 0 aliphatic carbocycles. The van der Waals surface area contributed by atoms with Crippen molar-refractivity contribution in [2.45, 2.75) is 6.92 Å². The highest BCUT2D eigenvalue weighted by molar-refractivity contribution is 6.00. The van der Waals surface area contributed by atoms with E-state index >= 15 is 8.78 Å². The number of hydrogen-bond acceptors (Lipinski definition) is 7. The molecule has 3 aromatic carbocycles. The molecular formula is C32H27F2N7O3. The quantitative estimate of drug-likeness (QED) is 0.218. The number of amides is 3. The molecule has 222 valence electrons. The van der Waals surface area contributed by atoms with E-state index in [4.69, 9.17) is 4.74 Å². The number of morpholine rings is 1. The Kier molecular flexibility index (Phi) is 8.06. The van der Waals surface area contributed by atoms with E-state index in [-0.39, 0.29) is 23.0 Å². The molecule has 1 aliphatic rings. The second-order valence-corrected chi connectivity index (χ2v) is 10.1. The van der Waals surface area contributed by atoms with Crippen LogP contribution in [0.15, 0.2) is 79.1 Å². The first-order chi connectivity index (χ1) is 21.3. The number of nitrogens with one attached hydrogen (secondary N) is 3. The third-order valence-corrected chi connectivity index (χ3v) is 6.98. The third kappa shape index (κ3) is 6.30. The molecule has 0 bridgehead atoms. The van der Waals surface area contributed by atoms with E-state index in [1.807, 2.05) is 4.90 Å². The normalized spacial score (nSPS) is 13.0. The predicted molar refractivity (Wildman–Crippen MR) is 165 cm³/mol. The maximum absolute atomic E-state index is 15.6. The largest absolute Gasteiger partial charge is 0.378 e. The van der Waals surface area contributed by atoms with Gasteiger partial charge in [-0.2, -0.15) is 0 Å². The first-order valence-corrected chi connectivity index (χ1v) is 13.8. The molecule has 0 unspecified atom stereocenters. The number of rotatable bonds is 6. The summed E-state index contributed by atoms with van der Waals surface area (Å²) in [5.74, 6) is -0.695. The molecule has 0 spiro atoms. The second kappa shape index (κ2) is 12.4. The maximum atomic E-state index is 15.6. The molecule has 1 fully saturated rings. The fourth-order valence-corrected chi connectivity index (χ4v) is 4.92. The van der Waals surface area contributed by atoms with Crippen molar-refractivity contribution in [3.8, 4) is 22.5 Å². The van der Waals surface area contributed by atoms with E-state index in [1.165, 1.54) is 25.1 Å². The van der Waals surface area contributed by atoms with Crippen molar-refractivity contribution in [3.05, 3.63) is 90.8 Å². The highest BCUT2D eigenvalue weighted by atomic mass is 19.1. The lowest BCUT2D eigenvalue weighted by Gasteiger charge is -2.29. The average Bonchev–Trinajstić information content (AvgIpc) is 3.02. The van der Waals surface area contributed by atoms with Crippen LogP contribution >= 0.6 is 0 Å².